The summed E-state index contributed by atoms with van der Waals surface area (Å²) in [5, 5.41) is 10.3. The fraction of sp³-hybridized carbons (Fsp3) is 0.389. The molecule has 6 heteroatoms. The third-order valence-corrected chi connectivity index (χ3v) is 3.92. The van der Waals surface area contributed by atoms with Crippen LogP contribution in [0.1, 0.15) is 48.3 Å². The van der Waals surface area contributed by atoms with Gasteiger partial charge in [-0.25, -0.2) is 4.79 Å². The van der Waals surface area contributed by atoms with Crippen LogP contribution in [0.15, 0.2) is 18.2 Å². The highest BCUT2D eigenvalue weighted by atomic mass is 35.5. The van der Waals surface area contributed by atoms with Crippen molar-refractivity contribution in [1.29, 1.82) is 0 Å². The van der Waals surface area contributed by atoms with Crippen LogP contribution in [0.5, 0.6) is 0 Å². The molecule has 0 fully saturated rings. The number of hydrogen-bond acceptors (Lipinski definition) is 4. The summed E-state index contributed by atoms with van der Waals surface area (Å²) in [5.41, 5.74) is 2.36. The van der Waals surface area contributed by atoms with Crippen LogP contribution >= 0.6 is 11.6 Å². The number of fused-ring (bicyclic) bond motifs is 1. The fourth-order valence-corrected chi connectivity index (χ4v) is 2.88. The van der Waals surface area contributed by atoms with Crippen LogP contribution in [0.3, 0.4) is 0 Å². The quantitative estimate of drug-likeness (QED) is 0.763. The summed E-state index contributed by atoms with van der Waals surface area (Å²) in [6, 6.07) is 5.22. The third kappa shape index (κ3) is 4.03. The van der Waals surface area contributed by atoms with Gasteiger partial charge in [-0.3, -0.25) is 9.78 Å². The number of carbonyl (C=O) groups is 2. The van der Waals surface area contributed by atoms with E-state index in [1.807, 2.05) is 6.92 Å². The average molecular weight is 350 g/mol. The molecule has 0 aliphatic rings. The van der Waals surface area contributed by atoms with Gasteiger partial charge in [-0.05, 0) is 37.5 Å². The molecule has 0 saturated carbocycles. The molecule has 0 spiro atoms. The number of aliphatic carboxylic acids is 1. The molecule has 2 rings (SSSR count). The average Bonchev–Trinajstić information content (AvgIpc) is 2.52. The van der Waals surface area contributed by atoms with Crippen molar-refractivity contribution in [3.8, 4) is 0 Å². The molecule has 0 saturated heterocycles. The van der Waals surface area contributed by atoms with Crippen molar-refractivity contribution in [2.45, 2.75) is 39.5 Å². The molecule has 0 unspecified atom stereocenters. The maximum absolute atomic E-state index is 12.5. The van der Waals surface area contributed by atoms with Gasteiger partial charge < -0.3 is 9.84 Å². The molecule has 24 heavy (non-hydrogen) atoms. The lowest BCUT2D eigenvalue weighted by Crippen LogP contribution is -2.15. The molecule has 0 aliphatic heterocycles. The number of aromatic nitrogens is 1. The Morgan fingerprint density at radius 3 is 2.62 bits per heavy atom. The molecule has 0 aliphatic carbocycles. The summed E-state index contributed by atoms with van der Waals surface area (Å²) in [6.07, 6.45) is 1.58. The summed E-state index contributed by atoms with van der Waals surface area (Å²) in [4.78, 5) is 28.1. The van der Waals surface area contributed by atoms with Crippen LogP contribution in [0.4, 0.5) is 0 Å². The lowest BCUT2D eigenvalue weighted by Gasteiger charge is -2.16. The maximum atomic E-state index is 12.5. The highest BCUT2D eigenvalue weighted by Crippen LogP contribution is 2.28. The van der Waals surface area contributed by atoms with Crippen molar-refractivity contribution >= 4 is 34.4 Å². The van der Waals surface area contributed by atoms with Gasteiger partial charge in [0, 0.05) is 16.8 Å². The predicted octanol–water partition coefficient (Wildman–Crippen LogP) is 4.03. The van der Waals surface area contributed by atoms with Crippen LogP contribution in [-0.2, 0) is 22.4 Å². The summed E-state index contributed by atoms with van der Waals surface area (Å²) in [6.45, 7) is 3.99. The zero-order valence-corrected chi connectivity index (χ0v) is 14.5. The van der Waals surface area contributed by atoms with Gasteiger partial charge in [-0.1, -0.05) is 31.0 Å². The molecule has 5 nitrogen and oxygen atoms in total. The van der Waals surface area contributed by atoms with Crippen molar-refractivity contribution in [2.24, 2.45) is 0 Å². The highest BCUT2D eigenvalue weighted by Gasteiger charge is 2.22. The van der Waals surface area contributed by atoms with E-state index in [1.165, 1.54) is 0 Å². The fourth-order valence-electron chi connectivity index (χ4n) is 2.72. The van der Waals surface area contributed by atoms with Gasteiger partial charge in [0.05, 0.1) is 23.4 Å². The zero-order valence-electron chi connectivity index (χ0n) is 13.8. The second-order valence-electron chi connectivity index (χ2n) is 5.44. The highest BCUT2D eigenvalue weighted by molar-refractivity contribution is 6.31. The number of pyridine rings is 1. The molecular weight excluding hydrogens is 330 g/mol. The van der Waals surface area contributed by atoms with Crippen molar-refractivity contribution in [3.63, 3.8) is 0 Å². The number of hydrogen-bond donors (Lipinski definition) is 1. The monoisotopic (exact) mass is 349 g/mol. The predicted molar refractivity (Wildman–Crippen MR) is 92.7 cm³/mol. The lowest BCUT2D eigenvalue weighted by atomic mass is 9.95. The second-order valence-corrected chi connectivity index (χ2v) is 5.87. The molecule has 2 aromatic rings. The van der Waals surface area contributed by atoms with Crippen LogP contribution in [0, 0.1) is 0 Å². The van der Waals surface area contributed by atoms with Gasteiger partial charge in [-0.15, -0.1) is 0 Å². The van der Waals surface area contributed by atoms with E-state index in [1.54, 1.807) is 25.1 Å². The van der Waals surface area contributed by atoms with Gasteiger partial charge in [0.25, 0.3) is 0 Å². The Morgan fingerprint density at radius 1 is 1.25 bits per heavy atom. The molecule has 1 aromatic carbocycles. The SMILES string of the molecule is CCCc1nc2cc(Cl)ccc2c(CCC(=O)O)c1C(=O)OCC. The minimum absolute atomic E-state index is 0.0697. The van der Waals surface area contributed by atoms with E-state index < -0.39 is 11.9 Å². The van der Waals surface area contributed by atoms with Crippen molar-refractivity contribution in [1.82, 2.24) is 4.98 Å². The summed E-state index contributed by atoms with van der Waals surface area (Å²) >= 11 is 6.05. The minimum Gasteiger partial charge on any atom is -0.481 e. The Kier molecular flexibility index (Phi) is 6.15. The first-order valence-corrected chi connectivity index (χ1v) is 8.35. The number of esters is 1. The number of aryl methyl sites for hydroxylation is 2. The Balaban J connectivity index is 2.72. The normalized spacial score (nSPS) is 10.8. The number of benzene rings is 1. The molecule has 1 aromatic heterocycles. The number of halogens is 1. The number of nitrogens with zero attached hydrogens (tertiary/aromatic N) is 1. The van der Waals surface area contributed by atoms with Crippen LogP contribution < -0.4 is 0 Å². The smallest absolute Gasteiger partial charge is 0.340 e. The topological polar surface area (TPSA) is 76.5 Å². The lowest BCUT2D eigenvalue weighted by molar-refractivity contribution is -0.136. The standard InChI is InChI=1S/C18H20ClNO4/c1-3-5-14-17(18(23)24-4-2)13(8-9-16(21)22)12-7-6-11(19)10-15(12)20-14/h6-7,10H,3-5,8-9H2,1-2H3,(H,21,22). The summed E-state index contributed by atoms with van der Waals surface area (Å²) in [5.74, 6) is -1.37. The van der Waals surface area contributed by atoms with E-state index in [0.717, 1.165) is 11.8 Å². The van der Waals surface area contributed by atoms with E-state index in [4.69, 9.17) is 21.4 Å². The van der Waals surface area contributed by atoms with E-state index in [9.17, 15) is 9.59 Å². The summed E-state index contributed by atoms with van der Waals surface area (Å²) < 4.78 is 5.18. The van der Waals surface area contributed by atoms with Crippen molar-refractivity contribution < 1.29 is 19.4 Å². The maximum Gasteiger partial charge on any atom is 0.340 e. The van der Waals surface area contributed by atoms with Crippen LogP contribution in [0.2, 0.25) is 5.02 Å². The third-order valence-electron chi connectivity index (χ3n) is 3.69. The Morgan fingerprint density at radius 2 is 2.00 bits per heavy atom. The molecule has 1 heterocycles. The van der Waals surface area contributed by atoms with E-state index in [2.05, 4.69) is 4.98 Å². The first kappa shape index (κ1) is 18.2. The Labute approximate surface area is 145 Å². The molecule has 0 atom stereocenters. The van der Waals surface area contributed by atoms with Gasteiger partial charge in [0.1, 0.15) is 0 Å². The van der Waals surface area contributed by atoms with Gasteiger partial charge in [0.15, 0.2) is 0 Å². The molecule has 0 bridgehead atoms. The number of carbonyl (C=O) groups excluding carboxylic acids is 1. The second kappa shape index (κ2) is 8.11. The van der Waals surface area contributed by atoms with Crippen LogP contribution in [-0.4, -0.2) is 28.6 Å². The zero-order chi connectivity index (χ0) is 17.7. The number of ether oxygens (including phenoxy) is 1. The largest absolute Gasteiger partial charge is 0.481 e. The number of rotatable bonds is 7. The van der Waals surface area contributed by atoms with Crippen LogP contribution in [0.25, 0.3) is 10.9 Å². The first-order chi connectivity index (χ1) is 11.5. The van der Waals surface area contributed by atoms with Crippen molar-refractivity contribution in [3.05, 3.63) is 40.0 Å². The van der Waals surface area contributed by atoms with E-state index >= 15 is 0 Å². The first-order valence-electron chi connectivity index (χ1n) is 7.97. The number of carboxylic acid groups (broad SMARTS) is 1. The van der Waals surface area contributed by atoms with E-state index in [-0.39, 0.29) is 19.4 Å². The molecule has 0 radical (unpaired) electrons. The van der Waals surface area contributed by atoms with Gasteiger partial charge in [0.2, 0.25) is 0 Å². The molecule has 128 valence electrons. The van der Waals surface area contributed by atoms with Crippen molar-refractivity contribution in [2.75, 3.05) is 6.61 Å². The van der Waals surface area contributed by atoms with E-state index in [0.29, 0.717) is 33.8 Å². The Hall–Kier alpha value is -2.14. The van der Waals surface area contributed by atoms with Gasteiger partial charge >= 0.3 is 11.9 Å². The summed E-state index contributed by atoms with van der Waals surface area (Å²) in [7, 11) is 0. The molecule has 1 N–H and O–H groups in total. The Bertz CT molecular complexity index is 773. The molecule has 0 amide bonds. The number of carboxylic acids is 1. The minimum atomic E-state index is -0.916. The molecular formula is C18H20ClNO4. The van der Waals surface area contributed by atoms with Gasteiger partial charge in [-0.2, -0.15) is 0 Å².